The van der Waals surface area contributed by atoms with Crippen LogP contribution in [0.3, 0.4) is 0 Å². The molecule has 93 heavy (non-hydrogen) atoms. The van der Waals surface area contributed by atoms with E-state index in [4.69, 9.17) is 0 Å². The Morgan fingerprint density at radius 3 is 0.849 bits per heavy atom. The van der Waals surface area contributed by atoms with Gasteiger partial charge in [-0.15, -0.1) is 0 Å². The summed E-state index contributed by atoms with van der Waals surface area (Å²) in [7, 11) is 10.6. The smallest absolute Gasteiger partial charge is 0.201 e. The van der Waals surface area contributed by atoms with E-state index in [-0.39, 0.29) is 37.1 Å². The molecule has 5 aromatic carbocycles. The molecule has 0 aliphatic carbocycles. The number of aryl methyl sites for hydroxylation is 18. The fourth-order valence-corrected chi connectivity index (χ4v) is 12.2. The molecule has 10 aromatic rings. The number of hydrogen-bond donors (Lipinski definition) is 0. The van der Waals surface area contributed by atoms with Crippen LogP contribution in [-0.2, 0) is 60.9 Å². The topological polar surface area (TPSA) is 19.4 Å². The van der Waals surface area contributed by atoms with Crippen molar-refractivity contribution in [2.24, 2.45) is 35.2 Å². The third-order valence-electron chi connectivity index (χ3n) is 17.5. The van der Waals surface area contributed by atoms with Gasteiger partial charge in [-0.1, -0.05) is 184 Å². The second-order valence-corrected chi connectivity index (χ2v) is 24.9. The van der Waals surface area contributed by atoms with Crippen LogP contribution in [0.15, 0.2) is 183 Å². The predicted molar refractivity (Wildman–Crippen MR) is 407 cm³/mol. The lowest BCUT2D eigenvalue weighted by Crippen LogP contribution is -2.32. The van der Waals surface area contributed by atoms with Crippen molar-refractivity contribution >= 4 is 0 Å². The molecule has 0 spiro atoms. The molecule has 0 fully saturated rings. The van der Waals surface area contributed by atoms with Gasteiger partial charge >= 0.3 is 0 Å². The number of benzene rings is 5. The highest BCUT2D eigenvalue weighted by atomic mass is 14.9. The summed E-state index contributed by atoms with van der Waals surface area (Å²) in [5.41, 5.74) is 33.9. The lowest BCUT2D eigenvalue weighted by Gasteiger charge is -2.11. The van der Waals surface area contributed by atoms with Crippen molar-refractivity contribution in [1.29, 1.82) is 0 Å². The van der Waals surface area contributed by atoms with Gasteiger partial charge in [0.2, 0.25) is 28.5 Å². The fourth-order valence-electron chi connectivity index (χ4n) is 12.2. The summed E-state index contributed by atoms with van der Waals surface area (Å²) in [6.45, 7) is 37.5. The molecule has 0 saturated carbocycles. The van der Waals surface area contributed by atoms with E-state index in [0.717, 1.165) is 25.7 Å². The molecule has 10 rings (SSSR count). The minimum atomic E-state index is 0. The molecular formula is C88H126N5+5. The minimum absolute atomic E-state index is 0. The molecule has 0 saturated heterocycles. The van der Waals surface area contributed by atoms with Crippen LogP contribution in [0.2, 0.25) is 0 Å². The van der Waals surface area contributed by atoms with Crippen LogP contribution in [0.4, 0.5) is 0 Å². The zero-order valence-electron chi connectivity index (χ0n) is 58.0. The first-order valence-corrected chi connectivity index (χ1v) is 32.2. The van der Waals surface area contributed by atoms with Crippen LogP contribution in [0.25, 0.3) is 56.3 Å². The second-order valence-electron chi connectivity index (χ2n) is 24.9. The van der Waals surface area contributed by atoms with Gasteiger partial charge in [-0.2, -0.15) is 0 Å². The zero-order chi connectivity index (χ0) is 64.5. The molecule has 5 heteroatoms. The van der Waals surface area contributed by atoms with E-state index in [1.165, 1.54) is 140 Å². The maximum Gasteiger partial charge on any atom is 0.212 e. The Bertz CT molecular complexity index is 3970. The van der Waals surface area contributed by atoms with Crippen molar-refractivity contribution in [1.82, 2.24) is 0 Å². The van der Waals surface area contributed by atoms with E-state index in [1.54, 1.807) is 0 Å². The van der Waals surface area contributed by atoms with Crippen molar-refractivity contribution in [2.45, 2.75) is 192 Å². The highest BCUT2D eigenvalue weighted by Gasteiger charge is 2.21. The summed E-state index contributed by atoms with van der Waals surface area (Å²) in [4.78, 5) is 0. The molecule has 0 bridgehead atoms. The maximum absolute atomic E-state index is 2.35. The SMILES string of the molecule is C.C.C.C.C.CCc1c[n+](C)c(-c2ccccc2C)cc1C.CCc1cc(-c2ccccc2C)[n+](C)cc1C.CCc1cc(-c2ccccc2C)[n+](C)cc1CC.Cc1ccccc1-c1cc(C(C)C)c(C)c[n+]1C.Cc1ccccc1-c1cc(C)c(C(C)C)c[n+]1C. The van der Waals surface area contributed by atoms with Crippen LogP contribution in [0.5, 0.6) is 0 Å². The number of hydrogen-bond acceptors (Lipinski definition) is 0. The quantitative estimate of drug-likeness (QED) is 0.115. The minimum Gasteiger partial charge on any atom is -0.201 e. The molecule has 0 N–H and O–H groups in total. The number of nitrogens with zero attached hydrogens (tertiary/aromatic N) is 5. The first-order chi connectivity index (χ1) is 41.9. The van der Waals surface area contributed by atoms with Crippen molar-refractivity contribution in [2.75, 3.05) is 0 Å². The van der Waals surface area contributed by atoms with Crippen LogP contribution < -0.4 is 22.8 Å². The molecule has 498 valence electrons. The van der Waals surface area contributed by atoms with E-state index in [0.29, 0.717) is 11.8 Å². The van der Waals surface area contributed by atoms with Gasteiger partial charge in [0.15, 0.2) is 31.0 Å². The first kappa shape index (κ1) is 82.9. The van der Waals surface area contributed by atoms with E-state index in [2.05, 4.69) is 358 Å². The molecule has 0 aliphatic rings. The van der Waals surface area contributed by atoms with Crippen LogP contribution in [-0.4, -0.2) is 0 Å². The van der Waals surface area contributed by atoms with Gasteiger partial charge in [0.25, 0.3) is 0 Å². The highest BCUT2D eigenvalue weighted by Crippen LogP contribution is 2.29. The zero-order valence-corrected chi connectivity index (χ0v) is 58.0. The molecule has 0 amide bonds. The highest BCUT2D eigenvalue weighted by molar-refractivity contribution is 5.65. The largest absolute Gasteiger partial charge is 0.212 e. The van der Waals surface area contributed by atoms with Gasteiger partial charge < -0.3 is 0 Å². The molecule has 0 unspecified atom stereocenters. The van der Waals surface area contributed by atoms with Crippen molar-refractivity contribution < 1.29 is 22.8 Å². The summed E-state index contributed by atoms with van der Waals surface area (Å²) in [5.74, 6) is 1.14. The Morgan fingerprint density at radius 2 is 0.516 bits per heavy atom. The Kier molecular flexibility index (Phi) is 34.5. The summed E-state index contributed by atoms with van der Waals surface area (Å²) in [6.07, 6.45) is 15.6. The Hall–Kier alpha value is -8.15. The summed E-state index contributed by atoms with van der Waals surface area (Å²) in [6, 6.07) is 54.4. The molecule has 5 nitrogen and oxygen atoms in total. The normalized spacial score (nSPS) is 10.2. The molecular weight excluding hydrogens is 1130 g/mol. The number of rotatable bonds is 11. The fraction of sp³-hybridized carbons (Fsp3) is 0.375. The van der Waals surface area contributed by atoms with Crippen molar-refractivity contribution in [3.63, 3.8) is 0 Å². The van der Waals surface area contributed by atoms with Crippen LogP contribution >= 0.6 is 0 Å². The van der Waals surface area contributed by atoms with E-state index in [9.17, 15) is 0 Å². The first-order valence-electron chi connectivity index (χ1n) is 32.2. The van der Waals surface area contributed by atoms with E-state index in [1.807, 2.05) is 0 Å². The Morgan fingerprint density at radius 1 is 0.247 bits per heavy atom. The van der Waals surface area contributed by atoms with Crippen LogP contribution in [0, 0.1) is 62.3 Å². The molecule has 0 atom stereocenters. The van der Waals surface area contributed by atoms with Gasteiger partial charge in [0, 0.05) is 86.0 Å². The van der Waals surface area contributed by atoms with Gasteiger partial charge in [0.1, 0.15) is 35.2 Å². The van der Waals surface area contributed by atoms with E-state index >= 15 is 0 Å². The second kappa shape index (κ2) is 38.8. The standard InChI is InChI=1S/3C17H22N.2C16H20N.5CH4/c1-12(2)16-10-17(18(5)11-14(16)4)15-9-7-6-8-13(15)3;1-12(2)16-11-18(5)17(10-14(16)4)15-9-7-6-8-13(15)3;1-5-14-11-17(18(4)12-15(14)6-2)16-10-8-7-9-13(16)3;1-5-14-10-16(17(4)11-13(14)3)15-9-7-6-8-12(15)2;1-5-14-11-17(4)16(10-13(14)3)15-9-7-6-8-12(15)2;;;;;/h2*6-12H,1-5H3;7-12H,5-6H2,1-4H3;2*6-11H,5H2,1-4H3;5*1H4/q5*+1;;;;;. The molecule has 0 radical (unpaired) electrons. The lowest BCUT2D eigenvalue weighted by atomic mass is 9.96. The van der Waals surface area contributed by atoms with Crippen molar-refractivity contribution in [3.05, 3.63) is 266 Å². The third-order valence-corrected chi connectivity index (χ3v) is 17.5. The Labute approximate surface area is 569 Å². The average Bonchev–Trinajstić information content (AvgIpc) is 0.899. The summed E-state index contributed by atoms with van der Waals surface area (Å²) in [5, 5.41) is 0. The predicted octanol–water partition coefficient (Wildman–Crippen LogP) is 21.3. The third kappa shape index (κ3) is 21.2. The average molecular weight is 1250 g/mol. The van der Waals surface area contributed by atoms with Crippen LogP contribution in [0.1, 0.15) is 188 Å². The summed E-state index contributed by atoms with van der Waals surface area (Å²) < 4.78 is 11.2. The lowest BCUT2D eigenvalue weighted by molar-refractivity contribution is -0.661. The van der Waals surface area contributed by atoms with Gasteiger partial charge in [-0.25, -0.2) is 22.8 Å². The summed E-state index contributed by atoms with van der Waals surface area (Å²) >= 11 is 0. The Balaban J connectivity index is 0.000000574. The van der Waals surface area contributed by atoms with E-state index < -0.39 is 0 Å². The molecule has 5 aromatic heterocycles. The maximum atomic E-state index is 2.35. The van der Waals surface area contributed by atoms with Gasteiger partial charge in [0.05, 0.1) is 0 Å². The number of pyridine rings is 5. The van der Waals surface area contributed by atoms with Crippen molar-refractivity contribution in [3.8, 4) is 56.3 Å². The van der Waals surface area contributed by atoms with Gasteiger partial charge in [-0.3, -0.25) is 0 Å². The number of aromatic nitrogens is 5. The monoisotopic (exact) mass is 1250 g/mol. The molecule has 5 heterocycles. The molecule has 0 aliphatic heterocycles. The van der Waals surface area contributed by atoms with Gasteiger partial charge in [-0.05, 0) is 186 Å².